The zero-order valence-electron chi connectivity index (χ0n) is 21.8. The Balaban J connectivity index is 1.27. The van der Waals surface area contributed by atoms with Crippen LogP contribution in [0.5, 0.6) is 0 Å². The molecule has 0 amide bonds. The molecule has 7 nitrogen and oxygen atoms in total. The zero-order chi connectivity index (χ0) is 25.8. The summed E-state index contributed by atoms with van der Waals surface area (Å²) in [6.45, 7) is 0. The number of nitrogens with zero attached hydrogens (tertiary/aromatic N) is 4. The lowest BCUT2D eigenvalue weighted by Crippen LogP contribution is -2.58. The van der Waals surface area contributed by atoms with Crippen molar-refractivity contribution in [1.82, 2.24) is 19.4 Å². The third-order valence-corrected chi connectivity index (χ3v) is 9.99. The molecule has 7 rings (SSSR count). The summed E-state index contributed by atoms with van der Waals surface area (Å²) in [5.74, 6) is 1.83. The number of aromatic nitrogens is 3. The minimum atomic E-state index is -0.454. The molecule has 7 heteroatoms. The van der Waals surface area contributed by atoms with Gasteiger partial charge < -0.3 is 9.55 Å². The Morgan fingerprint density at radius 3 is 2.32 bits per heavy atom. The second-order valence-corrected chi connectivity index (χ2v) is 12.2. The largest absolute Gasteiger partial charge is 0.327 e. The molecule has 3 aromatic rings. The number of aromatic amines is 1. The number of nitriles is 1. The molecule has 1 N–H and O–H groups in total. The smallest absolute Gasteiger partial charge is 0.277 e. The van der Waals surface area contributed by atoms with E-state index in [1.54, 1.807) is 0 Å². The topological polar surface area (TPSA) is 94.8 Å². The van der Waals surface area contributed by atoms with Crippen molar-refractivity contribution in [1.29, 1.82) is 5.26 Å². The average Bonchev–Trinajstić information content (AvgIpc) is 2.92. The number of nitrogens with one attached hydrogen (secondary N) is 1. The second-order valence-electron chi connectivity index (χ2n) is 12.2. The van der Waals surface area contributed by atoms with E-state index in [4.69, 9.17) is 4.98 Å². The summed E-state index contributed by atoms with van der Waals surface area (Å²) < 4.78 is 1.99. The fourth-order valence-corrected chi connectivity index (χ4v) is 8.54. The number of hydrogen-bond acceptors (Lipinski definition) is 5. The van der Waals surface area contributed by atoms with Crippen LogP contribution < -0.4 is 11.1 Å². The summed E-state index contributed by atoms with van der Waals surface area (Å²) >= 11 is 0. The van der Waals surface area contributed by atoms with Crippen LogP contribution in [-0.2, 0) is 0 Å². The molecule has 0 radical (unpaired) electrons. The minimum Gasteiger partial charge on any atom is -0.327 e. The highest BCUT2D eigenvalue weighted by Gasteiger charge is 2.45. The van der Waals surface area contributed by atoms with Gasteiger partial charge in [0.1, 0.15) is 17.3 Å². The van der Waals surface area contributed by atoms with E-state index in [0.717, 1.165) is 35.7 Å². The van der Waals surface area contributed by atoms with Crippen LogP contribution in [-0.4, -0.2) is 37.6 Å². The highest BCUT2D eigenvalue weighted by atomic mass is 16.1. The summed E-state index contributed by atoms with van der Waals surface area (Å²) in [6, 6.07) is 13.2. The molecule has 4 heterocycles. The number of pyridine rings is 1. The highest BCUT2D eigenvalue weighted by molar-refractivity contribution is 5.78. The van der Waals surface area contributed by atoms with Crippen LogP contribution in [0.2, 0.25) is 0 Å². The maximum atomic E-state index is 14.1. The summed E-state index contributed by atoms with van der Waals surface area (Å²) in [7, 11) is 0. The van der Waals surface area contributed by atoms with Gasteiger partial charge in [-0.15, -0.1) is 0 Å². The summed E-state index contributed by atoms with van der Waals surface area (Å²) in [6.07, 6.45) is 15.6. The third kappa shape index (κ3) is 4.01. The maximum absolute atomic E-state index is 14.1. The van der Waals surface area contributed by atoms with Gasteiger partial charge >= 0.3 is 0 Å². The molecule has 2 saturated heterocycles. The van der Waals surface area contributed by atoms with E-state index < -0.39 is 5.56 Å². The molecular weight excluding hydrogens is 474 g/mol. The summed E-state index contributed by atoms with van der Waals surface area (Å²) in [5, 5.41) is 9.39. The fraction of sp³-hybridized carbons (Fsp3) is 0.548. The Kier molecular flexibility index (Phi) is 5.96. The Bertz CT molecular complexity index is 1510. The molecule has 4 fully saturated rings. The molecule has 6 atom stereocenters. The van der Waals surface area contributed by atoms with Gasteiger partial charge in [0.05, 0.1) is 11.0 Å². The van der Waals surface area contributed by atoms with Crippen molar-refractivity contribution in [3.63, 3.8) is 0 Å². The SMILES string of the molecule is N#Cc1cc(-c2nc3ccccc3n([C@H]3C[C@H]4CCC[C@@H](C3)N4[C@H]3C[C@@H]4CCC[C@@H](C4)C3)c2=O)c[nH]c1=O. The van der Waals surface area contributed by atoms with Crippen LogP contribution in [0.25, 0.3) is 22.3 Å². The molecule has 2 aliphatic carbocycles. The predicted octanol–water partition coefficient (Wildman–Crippen LogP) is 5.15. The lowest BCUT2D eigenvalue weighted by atomic mass is 9.68. The Morgan fingerprint density at radius 2 is 1.58 bits per heavy atom. The van der Waals surface area contributed by atoms with E-state index in [1.807, 2.05) is 34.9 Å². The van der Waals surface area contributed by atoms with Crippen molar-refractivity contribution in [3.8, 4) is 17.3 Å². The fourth-order valence-electron chi connectivity index (χ4n) is 8.54. The first-order valence-corrected chi connectivity index (χ1v) is 14.5. The first-order chi connectivity index (χ1) is 18.6. The van der Waals surface area contributed by atoms with Gasteiger partial charge in [-0.3, -0.25) is 14.5 Å². The summed E-state index contributed by atoms with van der Waals surface area (Å²) in [4.78, 5) is 36.4. The van der Waals surface area contributed by atoms with E-state index in [0.29, 0.717) is 29.4 Å². The van der Waals surface area contributed by atoms with Crippen LogP contribution in [0.1, 0.15) is 82.2 Å². The Labute approximate surface area is 222 Å². The molecule has 0 spiro atoms. The van der Waals surface area contributed by atoms with Gasteiger partial charge in [0.15, 0.2) is 0 Å². The summed E-state index contributed by atoms with van der Waals surface area (Å²) in [5.41, 5.74) is 1.81. The zero-order valence-corrected chi connectivity index (χ0v) is 21.8. The van der Waals surface area contributed by atoms with Crippen LogP contribution in [0.15, 0.2) is 46.1 Å². The lowest BCUT2D eigenvalue weighted by Gasteiger charge is -2.55. The first-order valence-electron chi connectivity index (χ1n) is 14.5. The van der Waals surface area contributed by atoms with Gasteiger partial charge in [-0.25, -0.2) is 4.98 Å². The number of hydrogen-bond donors (Lipinski definition) is 1. The maximum Gasteiger partial charge on any atom is 0.277 e. The molecule has 4 bridgehead atoms. The number of H-pyrrole nitrogens is 1. The Hall–Kier alpha value is -3.24. The molecule has 1 aromatic carbocycles. The molecule has 4 aliphatic rings. The Morgan fingerprint density at radius 1 is 0.868 bits per heavy atom. The van der Waals surface area contributed by atoms with Gasteiger partial charge in [0.25, 0.3) is 11.1 Å². The first kappa shape index (κ1) is 23.8. The van der Waals surface area contributed by atoms with Crippen LogP contribution >= 0.6 is 0 Å². The average molecular weight is 510 g/mol. The highest BCUT2D eigenvalue weighted by Crippen LogP contribution is 2.47. The van der Waals surface area contributed by atoms with Crippen LogP contribution in [0, 0.1) is 23.2 Å². The van der Waals surface area contributed by atoms with Gasteiger partial charge in [0.2, 0.25) is 0 Å². The van der Waals surface area contributed by atoms with E-state index >= 15 is 0 Å². The molecule has 2 aliphatic heterocycles. The van der Waals surface area contributed by atoms with Crippen molar-refractivity contribution >= 4 is 11.0 Å². The van der Waals surface area contributed by atoms with E-state index in [9.17, 15) is 14.9 Å². The van der Waals surface area contributed by atoms with E-state index in [1.165, 1.54) is 70.1 Å². The monoisotopic (exact) mass is 509 g/mol. The van der Waals surface area contributed by atoms with Gasteiger partial charge in [-0.1, -0.05) is 37.8 Å². The minimum absolute atomic E-state index is 0.0107. The number of benzene rings is 1. The molecular formula is C31H35N5O2. The molecule has 196 valence electrons. The second kappa shape index (κ2) is 9.50. The van der Waals surface area contributed by atoms with Gasteiger partial charge in [-0.05, 0) is 75.0 Å². The van der Waals surface area contributed by atoms with Crippen molar-refractivity contribution in [2.45, 2.75) is 94.8 Å². The van der Waals surface area contributed by atoms with Crippen LogP contribution in [0.4, 0.5) is 0 Å². The third-order valence-electron chi connectivity index (χ3n) is 9.99. The van der Waals surface area contributed by atoms with Gasteiger partial charge in [0, 0.05) is 35.9 Å². The lowest BCUT2D eigenvalue weighted by molar-refractivity contribution is -0.0485. The molecule has 38 heavy (non-hydrogen) atoms. The normalized spacial score (nSPS) is 31.1. The van der Waals surface area contributed by atoms with Crippen LogP contribution in [0.3, 0.4) is 0 Å². The predicted molar refractivity (Wildman–Crippen MR) is 147 cm³/mol. The van der Waals surface area contributed by atoms with E-state index in [2.05, 4.69) is 9.88 Å². The molecule has 0 unspecified atom stereocenters. The van der Waals surface area contributed by atoms with Crippen molar-refractivity contribution < 1.29 is 0 Å². The number of para-hydroxylation sites is 2. The van der Waals surface area contributed by atoms with Crippen molar-refractivity contribution in [2.75, 3.05) is 0 Å². The molecule has 2 saturated carbocycles. The van der Waals surface area contributed by atoms with Crippen molar-refractivity contribution in [2.24, 2.45) is 11.8 Å². The number of rotatable bonds is 3. The number of piperidine rings is 2. The quantitative estimate of drug-likeness (QED) is 0.527. The standard InChI is InChI=1S/C31H35N5O2/c32-17-21-14-22(18-33-30(21)37)29-31(38)36(28-10-2-1-9-27(28)34-29)26-15-23-7-4-8-24(16-26)35(23)25-12-19-5-3-6-20(11-19)13-25/h1-2,9-10,14,18-20,23-26H,3-8,11-13,15-16H2,(H,33,37)/t19-,20+,23-,24+,25+,26+. The number of fused-ring (bicyclic) bond motifs is 5. The van der Waals surface area contributed by atoms with E-state index in [-0.39, 0.29) is 17.2 Å². The van der Waals surface area contributed by atoms with Crippen molar-refractivity contribution in [3.05, 3.63) is 62.8 Å². The van der Waals surface area contributed by atoms with Gasteiger partial charge in [-0.2, -0.15) is 5.26 Å². The molecule has 2 aromatic heterocycles.